The van der Waals surface area contributed by atoms with Crippen LogP contribution < -0.4 is 5.32 Å². The minimum atomic E-state index is -0.106. The molecule has 0 aliphatic carbocycles. The molecule has 0 saturated heterocycles. The summed E-state index contributed by atoms with van der Waals surface area (Å²) in [6.07, 6.45) is 1.64. The lowest BCUT2D eigenvalue weighted by Gasteiger charge is -2.15. The molecular weight excluding hydrogens is 248 g/mol. The normalized spacial score (nSPS) is 10.1. The molecule has 5 nitrogen and oxygen atoms in total. The van der Waals surface area contributed by atoms with Crippen LogP contribution in [0.4, 0.5) is 5.69 Å². The number of carbonyl (C=O) groups is 1. The van der Waals surface area contributed by atoms with Gasteiger partial charge < -0.3 is 10.2 Å². The number of aromatic nitrogens is 2. The van der Waals surface area contributed by atoms with E-state index in [4.69, 9.17) is 0 Å². The quantitative estimate of drug-likeness (QED) is 0.913. The first kappa shape index (κ1) is 12.5. The van der Waals surface area contributed by atoms with Crippen LogP contribution in [0.25, 0.3) is 0 Å². The standard InChI is InChI=1S/C12H14N4OS/c1-13-9-3-4-11(14-5-9)12(17)16(2)6-10-7-18-8-15-10/h3-5,7-8,13H,6H2,1-2H3. The van der Waals surface area contributed by atoms with Crippen LogP contribution in [0.15, 0.2) is 29.2 Å². The van der Waals surface area contributed by atoms with Crippen molar-refractivity contribution in [2.24, 2.45) is 0 Å². The van der Waals surface area contributed by atoms with E-state index in [9.17, 15) is 4.79 Å². The van der Waals surface area contributed by atoms with E-state index in [1.807, 2.05) is 18.5 Å². The van der Waals surface area contributed by atoms with Crippen LogP contribution >= 0.6 is 11.3 Å². The number of hydrogen-bond acceptors (Lipinski definition) is 5. The highest BCUT2D eigenvalue weighted by molar-refractivity contribution is 7.07. The van der Waals surface area contributed by atoms with E-state index in [1.165, 1.54) is 11.3 Å². The van der Waals surface area contributed by atoms with Gasteiger partial charge in [0.15, 0.2) is 0 Å². The number of amides is 1. The molecule has 18 heavy (non-hydrogen) atoms. The van der Waals surface area contributed by atoms with Crippen LogP contribution in [0.3, 0.4) is 0 Å². The monoisotopic (exact) mass is 262 g/mol. The van der Waals surface area contributed by atoms with Crippen LogP contribution in [-0.4, -0.2) is 34.9 Å². The average Bonchev–Trinajstić information content (AvgIpc) is 2.91. The molecule has 0 fully saturated rings. The zero-order valence-electron chi connectivity index (χ0n) is 10.3. The third kappa shape index (κ3) is 2.84. The Labute approximate surface area is 109 Å². The first-order valence-corrected chi connectivity index (χ1v) is 6.41. The maximum atomic E-state index is 12.1. The molecule has 0 aliphatic rings. The second kappa shape index (κ2) is 5.59. The van der Waals surface area contributed by atoms with Crippen LogP contribution in [0.2, 0.25) is 0 Å². The second-order valence-electron chi connectivity index (χ2n) is 3.82. The van der Waals surface area contributed by atoms with Crippen LogP contribution in [0, 0.1) is 0 Å². The summed E-state index contributed by atoms with van der Waals surface area (Å²) in [5, 5.41) is 4.89. The van der Waals surface area contributed by atoms with Crippen molar-refractivity contribution in [1.82, 2.24) is 14.9 Å². The molecule has 0 unspecified atom stereocenters. The summed E-state index contributed by atoms with van der Waals surface area (Å²) < 4.78 is 0. The van der Waals surface area contributed by atoms with E-state index < -0.39 is 0 Å². The molecule has 0 radical (unpaired) electrons. The lowest BCUT2D eigenvalue weighted by Crippen LogP contribution is -2.27. The van der Waals surface area contributed by atoms with Gasteiger partial charge in [-0.05, 0) is 12.1 Å². The lowest BCUT2D eigenvalue weighted by molar-refractivity contribution is 0.0778. The van der Waals surface area contributed by atoms with E-state index in [-0.39, 0.29) is 5.91 Å². The second-order valence-corrected chi connectivity index (χ2v) is 4.54. The topological polar surface area (TPSA) is 58.1 Å². The summed E-state index contributed by atoms with van der Waals surface area (Å²) in [5.41, 5.74) is 3.97. The molecule has 2 aromatic rings. The summed E-state index contributed by atoms with van der Waals surface area (Å²) in [5.74, 6) is -0.106. The third-order valence-electron chi connectivity index (χ3n) is 2.50. The number of rotatable bonds is 4. The number of hydrogen-bond donors (Lipinski definition) is 1. The Bertz CT molecular complexity index is 509. The fourth-order valence-corrected chi connectivity index (χ4v) is 2.04. The molecule has 0 bridgehead atoms. The number of anilines is 1. The molecule has 6 heteroatoms. The number of pyridine rings is 1. The van der Waals surface area contributed by atoms with E-state index in [0.717, 1.165) is 11.4 Å². The highest BCUT2D eigenvalue weighted by Crippen LogP contribution is 2.09. The minimum absolute atomic E-state index is 0.106. The smallest absolute Gasteiger partial charge is 0.272 e. The number of nitrogens with one attached hydrogen (secondary N) is 1. The van der Waals surface area contributed by atoms with Crippen molar-refractivity contribution in [3.8, 4) is 0 Å². The highest BCUT2D eigenvalue weighted by Gasteiger charge is 2.13. The zero-order valence-corrected chi connectivity index (χ0v) is 11.1. The van der Waals surface area contributed by atoms with Gasteiger partial charge in [0.05, 0.1) is 29.6 Å². The lowest BCUT2D eigenvalue weighted by atomic mass is 10.3. The van der Waals surface area contributed by atoms with Gasteiger partial charge in [0.2, 0.25) is 0 Å². The van der Waals surface area contributed by atoms with Crippen molar-refractivity contribution < 1.29 is 4.79 Å². The van der Waals surface area contributed by atoms with E-state index in [2.05, 4.69) is 15.3 Å². The number of nitrogens with zero attached hydrogens (tertiary/aromatic N) is 3. The molecule has 2 rings (SSSR count). The highest BCUT2D eigenvalue weighted by atomic mass is 32.1. The summed E-state index contributed by atoms with van der Waals surface area (Å²) in [6.45, 7) is 0.498. The molecule has 1 amide bonds. The van der Waals surface area contributed by atoms with Gasteiger partial charge in [-0.2, -0.15) is 0 Å². The molecule has 2 aromatic heterocycles. The third-order valence-corrected chi connectivity index (χ3v) is 3.14. The predicted molar refractivity (Wildman–Crippen MR) is 71.7 cm³/mol. The van der Waals surface area contributed by atoms with Gasteiger partial charge in [-0.3, -0.25) is 4.79 Å². The Morgan fingerprint density at radius 2 is 2.28 bits per heavy atom. The van der Waals surface area contributed by atoms with Crippen LogP contribution in [0.5, 0.6) is 0 Å². The molecule has 0 saturated carbocycles. The van der Waals surface area contributed by atoms with Crippen molar-refractivity contribution in [1.29, 1.82) is 0 Å². The Hall–Kier alpha value is -1.95. The van der Waals surface area contributed by atoms with Crippen molar-refractivity contribution in [2.75, 3.05) is 19.4 Å². The van der Waals surface area contributed by atoms with Crippen LogP contribution in [0.1, 0.15) is 16.2 Å². The van der Waals surface area contributed by atoms with E-state index >= 15 is 0 Å². The Morgan fingerprint density at radius 1 is 1.44 bits per heavy atom. The number of thiazole rings is 1. The molecular formula is C12H14N4OS. The van der Waals surface area contributed by atoms with E-state index in [1.54, 1.807) is 29.7 Å². The van der Waals surface area contributed by atoms with Gasteiger partial charge in [0, 0.05) is 19.5 Å². The van der Waals surface area contributed by atoms with Gasteiger partial charge in [0.1, 0.15) is 5.69 Å². The molecule has 1 N–H and O–H groups in total. The Morgan fingerprint density at radius 3 is 2.83 bits per heavy atom. The summed E-state index contributed by atoms with van der Waals surface area (Å²) in [4.78, 5) is 22.0. The largest absolute Gasteiger partial charge is 0.387 e. The van der Waals surface area contributed by atoms with Gasteiger partial charge in [-0.1, -0.05) is 0 Å². The minimum Gasteiger partial charge on any atom is -0.387 e. The van der Waals surface area contributed by atoms with Crippen molar-refractivity contribution in [3.05, 3.63) is 40.6 Å². The van der Waals surface area contributed by atoms with Crippen LogP contribution in [-0.2, 0) is 6.54 Å². The fraction of sp³-hybridized carbons (Fsp3) is 0.250. The molecule has 0 spiro atoms. The van der Waals surface area contributed by atoms with E-state index in [0.29, 0.717) is 12.2 Å². The summed E-state index contributed by atoms with van der Waals surface area (Å²) in [7, 11) is 3.56. The zero-order chi connectivity index (χ0) is 13.0. The number of carbonyl (C=O) groups excluding carboxylic acids is 1. The average molecular weight is 262 g/mol. The molecule has 0 aliphatic heterocycles. The molecule has 94 valence electrons. The molecule has 0 aromatic carbocycles. The Kier molecular flexibility index (Phi) is 3.88. The fourth-order valence-electron chi connectivity index (χ4n) is 1.49. The Balaban J connectivity index is 2.05. The molecule has 0 atom stereocenters. The van der Waals surface area contributed by atoms with Gasteiger partial charge in [-0.25, -0.2) is 9.97 Å². The predicted octanol–water partition coefficient (Wildman–Crippen LogP) is 1.85. The van der Waals surface area contributed by atoms with Crippen molar-refractivity contribution >= 4 is 22.9 Å². The maximum Gasteiger partial charge on any atom is 0.272 e. The maximum absolute atomic E-state index is 12.1. The van der Waals surface area contributed by atoms with Gasteiger partial charge in [0.25, 0.3) is 5.91 Å². The van der Waals surface area contributed by atoms with Gasteiger partial charge >= 0.3 is 0 Å². The van der Waals surface area contributed by atoms with Gasteiger partial charge in [-0.15, -0.1) is 11.3 Å². The molecule has 2 heterocycles. The van der Waals surface area contributed by atoms with Crippen molar-refractivity contribution in [3.63, 3.8) is 0 Å². The SMILES string of the molecule is CNc1ccc(C(=O)N(C)Cc2cscn2)nc1. The summed E-state index contributed by atoms with van der Waals surface area (Å²) in [6, 6.07) is 3.54. The van der Waals surface area contributed by atoms with Crippen molar-refractivity contribution in [2.45, 2.75) is 6.54 Å². The first-order chi connectivity index (χ1) is 8.70. The first-order valence-electron chi connectivity index (χ1n) is 5.47. The summed E-state index contributed by atoms with van der Waals surface area (Å²) >= 11 is 1.52.